The summed E-state index contributed by atoms with van der Waals surface area (Å²) in [5.41, 5.74) is 0. The third kappa shape index (κ3) is 88.1. The molecular weight excluding hydrogens is 108 g/mol. The lowest BCUT2D eigenvalue weighted by atomic mass is 9.27. The van der Waals surface area contributed by atoms with Crippen LogP contribution in [0.25, 0.3) is 0 Å². The Morgan fingerprint density at radius 2 is 1.78 bits per heavy atom. The summed E-state index contributed by atoms with van der Waals surface area (Å²) in [6, 6.07) is 0. The maximum Gasteiger partial charge on any atom is 0.0541 e. The second kappa shape index (κ2) is 47.8. The van der Waals surface area contributed by atoms with Gasteiger partial charge in [-0.2, -0.15) is 0 Å². The van der Waals surface area contributed by atoms with Gasteiger partial charge in [-0.25, -0.2) is 0 Å². The first-order valence-electron chi connectivity index (χ1n) is 2.45. The van der Waals surface area contributed by atoms with Crippen molar-refractivity contribution >= 4 is 22.0 Å². The lowest BCUT2D eigenvalue weighted by molar-refractivity contribution is 1.26. The molecule has 0 spiro atoms. The van der Waals surface area contributed by atoms with Gasteiger partial charge in [0.05, 0.1) is 7.17 Å². The Labute approximate surface area is 60.6 Å². The van der Waals surface area contributed by atoms with Crippen LogP contribution in [0.3, 0.4) is 0 Å². The summed E-state index contributed by atoms with van der Waals surface area (Å²) in [4.78, 5) is 0. The maximum absolute atomic E-state index is 4.96. The van der Waals surface area contributed by atoms with Gasteiger partial charge in [0.15, 0.2) is 0 Å². The van der Waals surface area contributed by atoms with Crippen LogP contribution in [0.1, 0.15) is 6.92 Å². The molecule has 0 atom stereocenters. The van der Waals surface area contributed by atoms with E-state index in [1.54, 1.807) is 7.06 Å². The van der Waals surface area contributed by atoms with Crippen molar-refractivity contribution in [1.82, 2.24) is 0 Å². The monoisotopic (exact) mass is 120 g/mol. The molecule has 0 saturated carbocycles. The third-order valence-electron chi connectivity index (χ3n) is 0.372. The standard InChI is InChI=1S/C2H5B3.C2H2.H4N2/c1-2-4-5-3;2*1-2/h2H2,1H3;1-2H;1-2H2. The number of terminal acetylenes is 1. The number of hydrazine groups is 1. The van der Waals surface area contributed by atoms with Crippen molar-refractivity contribution in [3.05, 3.63) is 0 Å². The molecule has 0 saturated heterocycles. The molecule has 0 aromatic carbocycles. The fourth-order valence-electron chi connectivity index (χ4n) is 0.136. The number of hydrogen-bond donors (Lipinski definition) is 2. The Hall–Kier alpha value is -0.325. The molecule has 46 valence electrons. The molecule has 0 aromatic rings. The molecule has 0 aliphatic carbocycles. The molecular formula is C4H11B3N2. The highest BCUT2D eigenvalue weighted by atomic mass is 15.0. The Balaban J connectivity index is -0.0000000771. The van der Waals surface area contributed by atoms with Gasteiger partial charge in [0.1, 0.15) is 0 Å². The third-order valence-corrected chi connectivity index (χ3v) is 0.372. The van der Waals surface area contributed by atoms with Gasteiger partial charge in [0, 0.05) is 14.8 Å². The van der Waals surface area contributed by atoms with Crippen LogP contribution < -0.4 is 11.7 Å². The van der Waals surface area contributed by atoms with Crippen molar-refractivity contribution in [2.24, 2.45) is 11.7 Å². The molecule has 0 fully saturated rings. The Kier molecular flexibility index (Phi) is 84.3. The van der Waals surface area contributed by atoms with Crippen molar-refractivity contribution in [3.8, 4) is 12.8 Å². The first-order valence-corrected chi connectivity index (χ1v) is 2.45. The van der Waals surface area contributed by atoms with Gasteiger partial charge in [-0.15, -0.1) is 12.8 Å². The van der Waals surface area contributed by atoms with Gasteiger partial charge in [-0.1, -0.05) is 13.2 Å². The van der Waals surface area contributed by atoms with Gasteiger partial charge < -0.3 is 0 Å². The molecule has 0 aliphatic rings. The minimum Gasteiger partial charge on any atom is -0.274 e. The van der Waals surface area contributed by atoms with E-state index in [1.165, 1.54) is 0 Å². The first kappa shape index (κ1) is 15.9. The van der Waals surface area contributed by atoms with E-state index in [2.05, 4.69) is 24.5 Å². The van der Waals surface area contributed by atoms with E-state index in [4.69, 9.17) is 7.74 Å². The predicted octanol–water partition coefficient (Wildman–Crippen LogP) is -1.10. The van der Waals surface area contributed by atoms with E-state index >= 15 is 0 Å². The number of hydrogen-bond acceptors (Lipinski definition) is 2. The lowest BCUT2D eigenvalue weighted by Gasteiger charge is -1.74. The molecule has 4 radical (unpaired) electrons. The van der Waals surface area contributed by atoms with Gasteiger partial charge in [0.2, 0.25) is 0 Å². The number of rotatable bonds is 2. The van der Waals surface area contributed by atoms with E-state index in [0.717, 1.165) is 6.32 Å². The molecule has 2 nitrogen and oxygen atoms in total. The van der Waals surface area contributed by atoms with Crippen LogP contribution in [-0.2, 0) is 0 Å². The Morgan fingerprint density at radius 1 is 1.44 bits per heavy atom. The molecule has 5 heteroatoms. The highest BCUT2D eigenvalue weighted by molar-refractivity contribution is 7.23. The topological polar surface area (TPSA) is 52.0 Å². The van der Waals surface area contributed by atoms with Crippen LogP contribution in [0.15, 0.2) is 0 Å². The number of nitrogens with two attached hydrogens (primary N) is 2. The fourth-order valence-corrected chi connectivity index (χ4v) is 0.136. The Morgan fingerprint density at radius 3 is 1.78 bits per heavy atom. The van der Waals surface area contributed by atoms with Crippen LogP contribution in [0.2, 0.25) is 6.32 Å². The van der Waals surface area contributed by atoms with Crippen LogP contribution in [0.5, 0.6) is 0 Å². The fraction of sp³-hybridized carbons (Fsp3) is 0.500. The minimum absolute atomic E-state index is 1.04. The maximum atomic E-state index is 4.96. The van der Waals surface area contributed by atoms with Crippen molar-refractivity contribution in [2.75, 3.05) is 0 Å². The normalized spacial score (nSPS) is 4.56. The molecule has 9 heavy (non-hydrogen) atoms. The first-order chi connectivity index (χ1) is 4.41. The van der Waals surface area contributed by atoms with Crippen LogP contribution in [0.4, 0.5) is 0 Å². The SMILES string of the molecule is C#C.NN.[B][B][B]CC. The molecule has 0 aromatic heterocycles. The zero-order valence-electron chi connectivity index (χ0n) is 5.75. The molecule has 4 N–H and O–H groups in total. The molecule has 0 amide bonds. The quantitative estimate of drug-likeness (QED) is 0.210. The Bertz CT molecular complexity index is 38.0. The van der Waals surface area contributed by atoms with Gasteiger partial charge >= 0.3 is 0 Å². The van der Waals surface area contributed by atoms with E-state index < -0.39 is 0 Å². The van der Waals surface area contributed by atoms with Crippen LogP contribution in [0, 0.1) is 12.8 Å². The van der Waals surface area contributed by atoms with Gasteiger partial charge in [-0.05, 0) is 0 Å². The molecule has 0 unspecified atom stereocenters. The summed E-state index contributed by atoms with van der Waals surface area (Å²) in [7, 11) is 8.42. The van der Waals surface area contributed by atoms with E-state index in [-0.39, 0.29) is 0 Å². The lowest BCUT2D eigenvalue weighted by Crippen LogP contribution is -2.02. The molecule has 0 bridgehead atoms. The van der Waals surface area contributed by atoms with E-state index in [1.807, 2.05) is 14.1 Å². The molecule has 0 rings (SSSR count). The summed E-state index contributed by atoms with van der Waals surface area (Å²) in [6.45, 7) is 2.04. The van der Waals surface area contributed by atoms with Crippen LogP contribution >= 0.6 is 0 Å². The van der Waals surface area contributed by atoms with E-state index in [0.29, 0.717) is 0 Å². The second-order valence-electron chi connectivity index (χ2n) is 0.836. The highest BCUT2D eigenvalue weighted by Gasteiger charge is 1.73. The predicted molar refractivity (Wildman–Crippen MR) is 46.0 cm³/mol. The summed E-state index contributed by atoms with van der Waals surface area (Å²) >= 11 is 0. The zero-order valence-corrected chi connectivity index (χ0v) is 5.75. The van der Waals surface area contributed by atoms with Gasteiger partial charge in [0.25, 0.3) is 0 Å². The summed E-state index contributed by atoms with van der Waals surface area (Å²) < 4.78 is 0. The van der Waals surface area contributed by atoms with Crippen molar-refractivity contribution < 1.29 is 0 Å². The summed E-state index contributed by atoms with van der Waals surface area (Å²) in [5.74, 6) is 8.00. The van der Waals surface area contributed by atoms with E-state index in [9.17, 15) is 0 Å². The second-order valence-corrected chi connectivity index (χ2v) is 0.836. The van der Waals surface area contributed by atoms with Crippen molar-refractivity contribution in [1.29, 1.82) is 0 Å². The van der Waals surface area contributed by atoms with Crippen molar-refractivity contribution in [2.45, 2.75) is 13.2 Å². The van der Waals surface area contributed by atoms with Crippen molar-refractivity contribution in [3.63, 3.8) is 0 Å². The largest absolute Gasteiger partial charge is 0.274 e. The van der Waals surface area contributed by atoms with Gasteiger partial charge in [-0.3, -0.25) is 11.7 Å². The molecule has 0 aliphatic heterocycles. The smallest absolute Gasteiger partial charge is 0.0541 e. The highest BCUT2D eigenvalue weighted by Crippen LogP contribution is 1.63. The average molecular weight is 120 g/mol. The van der Waals surface area contributed by atoms with Crippen LogP contribution in [-0.4, -0.2) is 22.0 Å². The average Bonchev–Trinajstić information content (AvgIpc) is 1.98. The summed E-state index contributed by atoms with van der Waals surface area (Å²) in [5, 5.41) is 0. The molecule has 0 heterocycles. The zero-order chi connectivity index (χ0) is 8.12. The minimum atomic E-state index is 1.04. The summed E-state index contributed by atoms with van der Waals surface area (Å²) in [6.07, 6.45) is 9.04.